The molecule has 1 amide bonds. The molecule has 0 atom stereocenters. The second kappa shape index (κ2) is 14.8. The molecule has 0 aliphatic carbocycles. The van der Waals surface area contributed by atoms with Gasteiger partial charge >= 0.3 is 0 Å². The largest absolute Gasteiger partial charge is 0.383 e. The van der Waals surface area contributed by atoms with Crippen LogP contribution < -0.4 is 16.0 Å². The number of hydrogen-bond acceptors (Lipinski definition) is 6. The van der Waals surface area contributed by atoms with Crippen molar-refractivity contribution in [3.63, 3.8) is 0 Å². The van der Waals surface area contributed by atoms with Gasteiger partial charge in [0, 0.05) is 90.3 Å². The monoisotopic (exact) mass is 600 g/mol. The van der Waals surface area contributed by atoms with Crippen LogP contribution in [0.4, 0.5) is 11.4 Å². The lowest BCUT2D eigenvalue weighted by Crippen LogP contribution is -2.39. The summed E-state index contributed by atoms with van der Waals surface area (Å²) in [7, 11) is 0. The lowest BCUT2D eigenvalue weighted by Gasteiger charge is -2.24. The van der Waals surface area contributed by atoms with E-state index in [-0.39, 0.29) is 5.91 Å². The van der Waals surface area contributed by atoms with E-state index in [4.69, 9.17) is 23.2 Å². The molecular formula is C33H34Cl2N6O. The number of amides is 1. The molecule has 3 N–H and O–H groups in total. The highest BCUT2D eigenvalue weighted by molar-refractivity contribution is 6.31. The van der Waals surface area contributed by atoms with Gasteiger partial charge in [-0.3, -0.25) is 19.7 Å². The number of anilines is 2. The number of benzene rings is 3. The maximum absolute atomic E-state index is 12.5. The van der Waals surface area contributed by atoms with Gasteiger partial charge < -0.3 is 16.0 Å². The van der Waals surface area contributed by atoms with Crippen LogP contribution >= 0.6 is 23.2 Å². The molecule has 0 aliphatic rings. The summed E-state index contributed by atoms with van der Waals surface area (Å²) < 4.78 is 0. The van der Waals surface area contributed by atoms with E-state index in [0.29, 0.717) is 23.0 Å². The van der Waals surface area contributed by atoms with Gasteiger partial charge in [-0.15, -0.1) is 0 Å². The quantitative estimate of drug-likeness (QED) is 0.132. The predicted molar refractivity (Wildman–Crippen MR) is 175 cm³/mol. The SMILES string of the molecule is O=C(CCc1ccccc1)NCCN(CCNc1ccnc2cc(Cl)ccc12)CCNc1ccnc2cc(Cl)ccc12. The summed E-state index contributed by atoms with van der Waals surface area (Å²) in [5.41, 5.74) is 4.93. The summed E-state index contributed by atoms with van der Waals surface area (Å²) in [6.07, 6.45) is 4.80. The van der Waals surface area contributed by atoms with Gasteiger partial charge in [0.1, 0.15) is 0 Å². The molecule has 7 nitrogen and oxygen atoms in total. The third-order valence-electron chi connectivity index (χ3n) is 7.13. The van der Waals surface area contributed by atoms with Gasteiger partial charge in [-0.25, -0.2) is 0 Å². The number of carbonyl (C=O) groups excluding carboxylic acids is 1. The van der Waals surface area contributed by atoms with Crippen LogP contribution in [0.15, 0.2) is 91.3 Å². The molecule has 0 aliphatic heterocycles. The highest BCUT2D eigenvalue weighted by atomic mass is 35.5. The third kappa shape index (κ3) is 8.32. The summed E-state index contributed by atoms with van der Waals surface area (Å²) >= 11 is 12.3. The number of nitrogens with zero attached hydrogens (tertiary/aromatic N) is 3. The molecule has 5 aromatic rings. The molecule has 2 aromatic heterocycles. The number of aromatic nitrogens is 2. The highest BCUT2D eigenvalue weighted by Crippen LogP contribution is 2.25. The maximum atomic E-state index is 12.5. The fraction of sp³-hybridized carbons (Fsp3) is 0.242. The first-order valence-corrected chi connectivity index (χ1v) is 14.9. The van der Waals surface area contributed by atoms with Crippen molar-refractivity contribution in [1.29, 1.82) is 0 Å². The molecule has 0 saturated heterocycles. The number of fused-ring (bicyclic) bond motifs is 2. The van der Waals surface area contributed by atoms with E-state index in [9.17, 15) is 4.79 Å². The number of pyridine rings is 2. The minimum absolute atomic E-state index is 0.0684. The second-order valence-corrected chi connectivity index (χ2v) is 10.9. The van der Waals surface area contributed by atoms with E-state index >= 15 is 0 Å². The molecule has 0 radical (unpaired) electrons. The number of aryl methyl sites for hydroxylation is 1. The zero-order valence-corrected chi connectivity index (χ0v) is 24.8. The Morgan fingerprint density at radius 2 is 1.24 bits per heavy atom. The van der Waals surface area contributed by atoms with Gasteiger partial charge in [-0.05, 0) is 60.5 Å². The van der Waals surface area contributed by atoms with Crippen molar-refractivity contribution in [2.45, 2.75) is 12.8 Å². The Bertz CT molecular complexity index is 1540. The second-order valence-electron chi connectivity index (χ2n) is 10.1. The Hall–Kier alpha value is -3.91. The lowest BCUT2D eigenvalue weighted by atomic mass is 10.1. The summed E-state index contributed by atoms with van der Waals surface area (Å²) in [5, 5.41) is 13.6. The Kier molecular flexibility index (Phi) is 10.4. The number of hydrogen-bond donors (Lipinski definition) is 3. The number of rotatable bonds is 14. The van der Waals surface area contributed by atoms with E-state index in [2.05, 4.69) is 43.0 Å². The van der Waals surface area contributed by atoms with Gasteiger partial charge in [0.05, 0.1) is 11.0 Å². The summed E-state index contributed by atoms with van der Waals surface area (Å²) in [5.74, 6) is 0.0684. The minimum atomic E-state index is 0.0684. The van der Waals surface area contributed by atoms with Crippen molar-refractivity contribution >= 4 is 62.3 Å². The molecule has 5 rings (SSSR count). The van der Waals surface area contributed by atoms with E-state index in [1.807, 2.05) is 66.7 Å². The first-order valence-electron chi connectivity index (χ1n) is 14.1. The summed E-state index contributed by atoms with van der Waals surface area (Å²) in [4.78, 5) is 23.7. The fourth-order valence-electron chi connectivity index (χ4n) is 4.93. The lowest BCUT2D eigenvalue weighted by molar-refractivity contribution is -0.121. The molecule has 42 heavy (non-hydrogen) atoms. The first-order chi connectivity index (χ1) is 20.5. The Labute approximate surface area is 256 Å². The number of carbonyl (C=O) groups is 1. The van der Waals surface area contributed by atoms with Crippen LogP contribution in [-0.4, -0.2) is 60.0 Å². The Balaban J connectivity index is 1.17. The van der Waals surface area contributed by atoms with Crippen LogP contribution in [0, 0.1) is 0 Å². The predicted octanol–water partition coefficient (Wildman–Crippen LogP) is 6.66. The Morgan fingerprint density at radius 3 is 1.81 bits per heavy atom. The summed E-state index contributed by atoms with van der Waals surface area (Å²) in [6, 6.07) is 25.5. The van der Waals surface area contributed by atoms with Crippen LogP contribution in [0.25, 0.3) is 21.8 Å². The van der Waals surface area contributed by atoms with Crippen LogP contribution in [0.2, 0.25) is 10.0 Å². The molecule has 0 spiro atoms. The zero-order valence-electron chi connectivity index (χ0n) is 23.3. The fourth-order valence-corrected chi connectivity index (χ4v) is 5.26. The van der Waals surface area contributed by atoms with Crippen molar-refractivity contribution < 1.29 is 4.79 Å². The van der Waals surface area contributed by atoms with Gasteiger partial charge in [-0.2, -0.15) is 0 Å². The van der Waals surface area contributed by atoms with Gasteiger partial charge in [0.25, 0.3) is 0 Å². The van der Waals surface area contributed by atoms with Crippen molar-refractivity contribution in [3.8, 4) is 0 Å². The minimum Gasteiger partial charge on any atom is -0.383 e. The van der Waals surface area contributed by atoms with E-state index in [0.717, 1.165) is 72.3 Å². The van der Waals surface area contributed by atoms with Crippen LogP contribution in [-0.2, 0) is 11.2 Å². The van der Waals surface area contributed by atoms with E-state index in [1.54, 1.807) is 12.4 Å². The molecule has 0 saturated carbocycles. The van der Waals surface area contributed by atoms with E-state index in [1.165, 1.54) is 5.56 Å². The number of nitrogens with one attached hydrogen (secondary N) is 3. The van der Waals surface area contributed by atoms with Crippen molar-refractivity contribution in [2.24, 2.45) is 0 Å². The van der Waals surface area contributed by atoms with Crippen molar-refractivity contribution in [1.82, 2.24) is 20.2 Å². The molecule has 0 bridgehead atoms. The standard InChI is InChI=1S/C33H34Cl2N6O/c34-25-7-9-27-29(12-14-36-31(27)22-25)38-16-19-41(21-18-40-33(42)11-6-24-4-2-1-3-5-24)20-17-39-30-13-15-37-32-23-26(35)8-10-28(30)32/h1-5,7-10,12-15,22-23H,6,11,16-21H2,(H,36,38)(H,37,39)(H,40,42). The van der Waals surface area contributed by atoms with Crippen LogP contribution in [0.3, 0.4) is 0 Å². The third-order valence-corrected chi connectivity index (χ3v) is 7.60. The maximum Gasteiger partial charge on any atom is 0.220 e. The zero-order chi connectivity index (χ0) is 29.1. The first kappa shape index (κ1) is 29.6. The molecule has 216 valence electrons. The van der Waals surface area contributed by atoms with Gasteiger partial charge in [-0.1, -0.05) is 53.5 Å². The smallest absolute Gasteiger partial charge is 0.220 e. The van der Waals surface area contributed by atoms with Crippen molar-refractivity contribution in [3.05, 3.63) is 107 Å². The normalized spacial score (nSPS) is 11.2. The average Bonchev–Trinajstić information content (AvgIpc) is 3.00. The molecule has 9 heteroatoms. The topological polar surface area (TPSA) is 82.2 Å². The highest BCUT2D eigenvalue weighted by Gasteiger charge is 2.09. The summed E-state index contributed by atoms with van der Waals surface area (Å²) in [6.45, 7) is 4.39. The van der Waals surface area contributed by atoms with Crippen LogP contribution in [0.1, 0.15) is 12.0 Å². The molecule has 2 heterocycles. The number of halogens is 2. The van der Waals surface area contributed by atoms with Gasteiger partial charge in [0.2, 0.25) is 5.91 Å². The molecule has 0 fully saturated rings. The van der Waals surface area contributed by atoms with Gasteiger partial charge in [0.15, 0.2) is 0 Å². The van der Waals surface area contributed by atoms with Crippen LogP contribution in [0.5, 0.6) is 0 Å². The molecular weight excluding hydrogens is 567 g/mol. The Morgan fingerprint density at radius 1 is 0.690 bits per heavy atom. The van der Waals surface area contributed by atoms with E-state index < -0.39 is 0 Å². The average molecular weight is 602 g/mol. The van der Waals surface area contributed by atoms with Crippen molar-refractivity contribution in [2.75, 3.05) is 49.9 Å². The molecule has 0 unspecified atom stereocenters. The molecule has 3 aromatic carbocycles.